The largest absolute Gasteiger partial charge is 0.379 e. The number of hydrogen-bond acceptors (Lipinski definition) is 6. The summed E-state index contributed by atoms with van der Waals surface area (Å²) in [6.07, 6.45) is 2.17. The normalized spacial score (nSPS) is 18.0. The van der Waals surface area contributed by atoms with Crippen molar-refractivity contribution >= 4 is 17.9 Å². The van der Waals surface area contributed by atoms with Crippen molar-refractivity contribution in [3.05, 3.63) is 22.5 Å². The fourth-order valence-corrected chi connectivity index (χ4v) is 2.56. The van der Waals surface area contributed by atoms with E-state index in [1.165, 1.54) is 0 Å². The molecule has 0 spiro atoms. The molecule has 0 radical (unpaired) electrons. The smallest absolute Gasteiger partial charge is 0.123 e. The van der Waals surface area contributed by atoms with Gasteiger partial charge in [0, 0.05) is 31.9 Å². The molecule has 0 aromatic carbocycles. The lowest BCUT2D eigenvalue weighted by atomic mass is 10.1. The van der Waals surface area contributed by atoms with Gasteiger partial charge in [0.25, 0.3) is 0 Å². The molecule has 110 valence electrons. The van der Waals surface area contributed by atoms with Gasteiger partial charge in [-0.3, -0.25) is 0 Å². The molecule has 1 aromatic heterocycles. The predicted molar refractivity (Wildman–Crippen MR) is 81.4 cm³/mol. The first-order valence-electron chi connectivity index (χ1n) is 6.81. The highest BCUT2D eigenvalue weighted by atomic mass is 32.1. The van der Waals surface area contributed by atoms with Crippen LogP contribution in [0.2, 0.25) is 0 Å². The minimum atomic E-state index is 0.182. The van der Waals surface area contributed by atoms with E-state index in [1.807, 2.05) is 6.07 Å². The van der Waals surface area contributed by atoms with Crippen LogP contribution in [0.4, 0.5) is 5.69 Å². The Morgan fingerprint density at radius 3 is 3.10 bits per heavy atom. The lowest BCUT2D eigenvalue weighted by molar-refractivity contribution is 0.114. The topological polar surface area (TPSA) is 87.9 Å². The van der Waals surface area contributed by atoms with E-state index in [9.17, 15) is 5.26 Å². The number of rotatable bonds is 5. The van der Waals surface area contributed by atoms with Crippen LogP contribution in [0.1, 0.15) is 12.0 Å². The summed E-state index contributed by atoms with van der Waals surface area (Å²) in [6, 6.07) is 6.29. The number of aromatic amines is 1. The van der Waals surface area contributed by atoms with E-state index in [0.29, 0.717) is 29.8 Å². The molecule has 21 heavy (non-hydrogen) atoms. The van der Waals surface area contributed by atoms with E-state index in [2.05, 4.69) is 27.3 Å². The van der Waals surface area contributed by atoms with E-state index in [-0.39, 0.29) is 6.04 Å². The quantitative estimate of drug-likeness (QED) is 0.630. The summed E-state index contributed by atoms with van der Waals surface area (Å²) in [5, 5.41) is 21.1. The van der Waals surface area contributed by atoms with Crippen LogP contribution in [-0.2, 0) is 4.74 Å². The molecule has 6 nitrogen and oxygen atoms in total. The second-order valence-corrected chi connectivity index (χ2v) is 5.17. The summed E-state index contributed by atoms with van der Waals surface area (Å²) in [5.41, 5.74) is 1.38. The zero-order chi connectivity index (χ0) is 15.1. The van der Waals surface area contributed by atoms with Crippen molar-refractivity contribution in [3.8, 4) is 12.1 Å². The molecule has 1 aromatic rings. The summed E-state index contributed by atoms with van der Waals surface area (Å²) in [5.74, 6) is 0. The second-order valence-electron chi connectivity index (χ2n) is 4.76. The Balaban J connectivity index is 2.02. The maximum absolute atomic E-state index is 9.26. The first-order valence-corrected chi connectivity index (χ1v) is 7.22. The SMILES string of the molecule is N#CCCOCC1CN(c2cc[nH]c(=S)c2C#N)CCN1. The van der Waals surface area contributed by atoms with Crippen molar-refractivity contribution in [3.63, 3.8) is 0 Å². The predicted octanol–water partition coefficient (Wildman–Crippen LogP) is 1.32. The Labute approximate surface area is 128 Å². The molecule has 0 saturated carbocycles. The fourth-order valence-electron chi connectivity index (χ4n) is 2.34. The number of ether oxygens (including phenoxy) is 1. The van der Waals surface area contributed by atoms with Crippen molar-refractivity contribution in [2.45, 2.75) is 12.5 Å². The molecule has 1 aliphatic heterocycles. The molecule has 0 bridgehead atoms. The van der Waals surface area contributed by atoms with Gasteiger partial charge in [-0.05, 0) is 6.07 Å². The van der Waals surface area contributed by atoms with Gasteiger partial charge in [-0.1, -0.05) is 12.2 Å². The molecular formula is C14H17N5OS. The highest BCUT2D eigenvalue weighted by Gasteiger charge is 2.21. The summed E-state index contributed by atoms with van der Waals surface area (Å²) >= 11 is 5.16. The summed E-state index contributed by atoms with van der Waals surface area (Å²) in [6.45, 7) is 3.40. The Morgan fingerprint density at radius 2 is 2.33 bits per heavy atom. The van der Waals surface area contributed by atoms with Crippen LogP contribution in [0.25, 0.3) is 0 Å². The molecule has 2 N–H and O–H groups in total. The summed E-state index contributed by atoms with van der Waals surface area (Å²) in [7, 11) is 0. The van der Waals surface area contributed by atoms with Crippen LogP contribution in [0.15, 0.2) is 12.3 Å². The molecule has 1 unspecified atom stereocenters. The molecule has 7 heteroatoms. The van der Waals surface area contributed by atoms with E-state index < -0.39 is 0 Å². The zero-order valence-corrected chi connectivity index (χ0v) is 12.4. The average Bonchev–Trinajstić information content (AvgIpc) is 2.51. The average molecular weight is 303 g/mol. The first kappa shape index (κ1) is 15.5. The van der Waals surface area contributed by atoms with Gasteiger partial charge in [-0.15, -0.1) is 0 Å². The van der Waals surface area contributed by atoms with Crippen LogP contribution in [0.5, 0.6) is 0 Å². The third kappa shape index (κ3) is 4.02. The van der Waals surface area contributed by atoms with Gasteiger partial charge >= 0.3 is 0 Å². The molecule has 2 heterocycles. The highest BCUT2D eigenvalue weighted by Crippen LogP contribution is 2.21. The number of H-pyrrole nitrogens is 1. The number of piperazine rings is 1. The maximum Gasteiger partial charge on any atom is 0.123 e. The van der Waals surface area contributed by atoms with E-state index in [4.69, 9.17) is 22.2 Å². The van der Waals surface area contributed by atoms with Crippen LogP contribution in [0, 0.1) is 27.3 Å². The van der Waals surface area contributed by atoms with Gasteiger partial charge in [0.2, 0.25) is 0 Å². The Morgan fingerprint density at radius 1 is 1.48 bits per heavy atom. The van der Waals surface area contributed by atoms with Gasteiger partial charge in [0.05, 0.1) is 31.4 Å². The van der Waals surface area contributed by atoms with Gasteiger partial charge in [-0.25, -0.2) is 0 Å². The standard InChI is InChI=1S/C14H17N5OS/c15-3-1-7-20-10-11-9-19(6-5-17-11)13-2-4-18-14(21)12(13)8-16/h2,4,11,17H,1,5-7,9-10H2,(H,18,21). The lowest BCUT2D eigenvalue weighted by Gasteiger charge is -2.35. The number of nitrogens with one attached hydrogen (secondary N) is 2. The third-order valence-electron chi connectivity index (χ3n) is 3.32. The Bertz CT molecular complexity index is 615. The summed E-state index contributed by atoms with van der Waals surface area (Å²) < 4.78 is 5.94. The number of aromatic nitrogens is 1. The number of nitriles is 2. The Hall–Kier alpha value is -1.93. The second kappa shape index (κ2) is 7.75. The van der Waals surface area contributed by atoms with Crippen molar-refractivity contribution in [1.29, 1.82) is 10.5 Å². The molecule has 0 amide bonds. The van der Waals surface area contributed by atoms with Crippen molar-refractivity contribution < 1.29 is 4.74 Å². The monoisotopic (exact) mass is 303 g/mol. The van der Waals surface area contributed by atoms with E-state index in [0.717, 1.165) is 25.3 Å². The van der Waals surface area contributed by atoms with E-state index >= 15 is 0 Å². The number of hydrogen-bond donors (Lipinski definition) is 2. The van der Waals surface area contributed by atoms with Crippen molar-refractivity contribution in [1.82, 2.24) is 10.3 Å². The van der Waals surface area contributed by atoms with Crippen LogP contribution in [-0.4, -0.2) is 43.9 Å². The van der Waals surface area contributed by atoms with Crippen LogP contribution in [0.3, 0.4) is 0 Å². The molecule has 1 fully saturated rings. The van der Waals surface area contributed by atoms with Gasteiger partial charge < -0.3 is 19.9 Å². The number of anilines is 1. The molecule has 1 aliphatic rings. The maximum atomic E-state index is 9.26. The van der Waals surface area contributed by atoms with Gasteiger partial charge in [0.1, 0.15) is 16.3 Å². The van der Waals surface area contributed by atoms with Crippen LogP contribution < -0.4 is 10.2 Å². The molecule has 2 rings (SSSR count). The molecule has 1 saturated heterocycles. The van der Waals surface area contributed by atoms with Crippen LogP contribution >= 0.6 is 12.2 Å². The highest BCUT2D eigenvalue weighted by molar-refractivity contribution is 7.71. The fraction of sp³-hybridized carbons (Fsp3) is 0.500. The summed E-state index contributed by atoms with van der Waals surface area (Å²) in [4.78, 5) is 5.03. The van der Waals surface area contributed by atoms with Gasteiger partial charge in [0.15, 0.2) is 0 Å². The van der Waals surface area contributed by atoms with Crippen molar-refractivity contribution in [2.24, 2.45) is 0 Å². The molecular weight excluding hydrogens is 286 g/mol. The minimum Gasteiger partial charge on any atom is -0.379 e. The lowest BCUT2D eigenvalue weighted by Crippen LogP contribution is -2.53. The molecule has 1 atom stereocenters. The molecule has 0 aliphatic carbocycles. The zero-order valence-electron chi connectivity index (χ0n) is 11.6. The third-order valence-corrected chi connectivity index (χ3v) is 3.65. The number of nitrogens with zero attached hydrogens (tertiary/aromatic N) is 3. The minimum absolute atomic E-state index is 0.182. The first-order chi connectivity index (χ1) is 10.3. The van der Waals surface area contributed by atoms with E-state index in [1.54, 1.807) is 6.20 Å². The van der Waals surface area contributed by atoms with Gasteiger partial charge in [-0.2, -0.15) is 10.5 Å². The Kier molecular flexibility index (Phi) is 5.70. The number of pyridine rings is 1. The van der Waals surface area contributed by atoms with Crippen molar-refractivity contribution in [2.75, 3.05) is 37.7 Å².